The number of aryl methyl sites for hydroxylation is 1. The summed E-state index contributed by atoms with van der Waals surface area (Å²) in [6.45, 7) is 3.72. The minimum Gasteiger partial charge on any atom is -0.497 e. The highest BCUT2D eigenvalue weighted by Crippen LogP contribution is 2.15. The molecule has 1 aromatic carbocycles. The number of hydrogen-bond donors (Lipinski definition) is 1. The van der Waals surface area contributed by atoms with Crippen LogP contribution in [-0.4, -0.2) is 16.9 Å². The van der Waals surface area contributed by atoms with Gasteiger partial charge in [0.15, 0.2) is 0 Å². The van der Waals surface area contributed by atoms with Crippen LogP contribution < -0.4 is 10.1 Å². The molecule has 4 nitrogen and oxygen atoms in total. The van der Waals surface area contributed by atoms with Crippen LogP contribution in [0, 0.1) is 0 Å². The maximum absolute atomic E-state index is 5.11. The zero-order valence-electron chi connectivity index (χ0n) is 10.2. The Balaban J connectivity index is 1.92. The standard InChI is InChI=1S/C13H17N3O/c1-3-16-9-8-12(15-16)10-14-11-4-6-13(17-2)7-5-11/h4-9,14H,3,10H2,1-2H3. The third kappa shape index (κ3) is 3.00. The van der Waals surface area contributed by atoms with E-state index >= 15 is 0 Å². The van der Waals surface area contributed by atoms with Gasteiger partial charge in [0.25, 0.3) is 0 Å². The van der Waals surface area contributed by atoms with Crippen molar-refractivity contribution in [3.05, 3.63) is 42.2 Å². The van der Waals surface area contributed by atoms with Crippen molar-refractivity contribution in [2.24, 2.45) is 0 Å². The van der Waals surface area contributed by atoms with Crippen LogP contribution in [-0.2, 0) is 13.1 Å². The van der Waals surface area contributed by atoms with Crippen LogP contribution in [0.1, 0.15) is 12.6 Å². The lowest BCUT2D eigenvalue weighted by molar-refractivity contribution is 0.415. The van der Waals surface area contributed by atoms with Crippen LogP contribution in [0.25, 0.3) is 0 Å². The van der Waals surface area contributed by atoms with Gasteiger partial charge in [-0.2, -0.15) is 5.10 Å². The fourth-order valence-corrected chi connectivity index (χ4v) is 1.58. The molecule has 90 valence electrons. The molecule has 4 heteroatoms. The normalized spacial score (nSPS) is 10.2. The summed E-state index contributed by atoms with van der Waals surface area (Å²) >= 11 is 0. The first-order chi connectivity index (χ1) is 8.31. The summed E-state index contributed by atoms with van der Waals surface area (Å²) in [7, 11) is 1.67. The van der Waals surface area contributed by atoms with Crippen molar-refractivity contribution in [1.82, 2.24) is 9.78 Å². The molecule has 2 aromatic rings. The van der Waals surface area contributed by atoms with E-state index in [0.29, 0.717) is 0 Å². The molecule has 0 bridgehead atoms. The number of nitrogens with zero attached hydrogens (tertiary/aromatic N) is 2. The monoisotopic (exact) mass is 231 g/mol. The first-order valence-electron chi connectivity index (χ1n) is 5.72. The number of aromatic nitrogens is 2. The summed E-state index contributed by atoms with van der Waals surface area (Å²) in [4.78, 5) is 0. The maximum Gasteiger partial charge on any atom is 0.119 e. The van der Waals surface area contributed by atoms with Gasteiger partial charge in [-0.3, -0.25) is 4.68 Å². The molecule has 0 aliphatic rings. The van der Waals surface area contributed by atoms with E-state index in [1.165, 1.54) is 0 Å². The van der Waals surface area contributed by atoms with E-state index in [2.05, 4.69) is 17.3 Å². The Morgan fingerprint density at radius 1 is 1.24 bits per heavy atom. The van der Waals surface area contributed by atoms with Gasteiger partial charge >= 0.3 is 0 Å². The molecule has 0 saturated heterocycles. The lowest BCUT2D eigenvalue weighted by atomic mass is 10.3. The molecular formula is C13H17N3O. The van der Waals surface area contributed by atoms with Crippen molar-refractivity contribution >= 4 is 5.69 Å². The molecule has 0 amide bonds. The molecule has 1 aromatic heterocycles. The molecule has 0 saturated carbocycles. The van der Waals surface area contributed by atoms with Gasteiger partial charge in [-0.25, -0.2) is 0 Å². The summed E-state index contributed by atoms with van der Waals surface area (Å²) in [5.74, 6) is 0.866. The molecule has 2 rings (SSSR count). The Morgan fingerprint density at radius 3 is 2.59 bits per heavy atom. The number of anilines is 1. The van der Waals surface area contributed by atoms with Gasteiger partial charge < -0.3 is 10.1 Å². The Hall–Kier alpha value is -1.97. The maximum atomic E-state index is 5.11. The topological polar surface area (TPSA) is 39.1 Å². The second-order valence-electron chi connectivity index (χ2n) is 3.74. The van der Waals surface area contributed by atoms with E-state index in [-0.39, 0.29) is 0 Å². The van der Waals surface area contributed by atoms with Crippen molar-refractivity contribution in [2.45, 2.75) is 20.0 Å². The predicted octanol–water partition coefficient (Wildman–Crippen LogP) is 2.52. The molecule has 0 aliphatic heterocycles. The lowest BCUT2D eigenvalue weighted by Crippen LogP contribution is -2.02. The van der Waals surface area contributed by atoms with Gasteiger partial charge in [0.2, 0.25) is 0 Å². The van der Waals surface area contributed by atoms with Crippen LogP contribution in [0.2, 0.25) is 0 Å². The SMILES string of the molecule is CCn1ccc(CNc2ccc(OC)cc2)n1. The van der Waals surface area contributed by atoms with Crippen LogP contribution in [0.15, 0.2) is 36.5 Å². The highest BCUT2D eigenvalue weighted by Gasteiger charge is 1.98. The van der Waals surface area contributed by atoms with E-state index in [4.69, 9.17) is 4.74 Å². The van der Waals surface area contributed by atoms with Crippen molar-refractivity contribution in [3.63, 3.8) is 0 Å². The van der Waals surface area contributed by atoms with Gasteiger partial charge in [-0.15, -0.1) is 0 Å². The first-order valence-corrected chi connectivity index (χ1v) is 5.72. The van der Waals surface area contributed by atoms with E-state index in [9.17, 15) is 0 Å². The van der Waals surface area contributed by atoms with Crippen LogP contribution in [0.5, 0.6) is 5.75 Å². The van der Waals surface area contributed by atoms with E-state index in [1.807, 2.05) is 41.2 Å². The van der Waals surface area contributed by atoms with Crippen LogP contribution in [0.4, 0.5) is 5.69 Å². The largest absolute Gasteiger partial charge is 0.497 e. The summed E-state index contributed by atoms with van der Waals surface area (Å²) < 4.78 is 7.03. The Morgan fingerprint density at radius 2 is 2.00 bits per heavy atom. The van der Waals surface area contributed by atoms with E-state index in [0.717, 1.165) is 30.2 Å². The summed E-state index contributed by atoms with van der Waals surface area (Å²) in [6, 6.07) is 9.89. The van der Waals surface area contributed by atoms with Gasteiger partial charge in [0.1, 0.15) is 5.75 Å². The van der Waals surface area contributed by atoms with Gasteiger partial charge in [0.05, 0.1) is 19.3 Å². The number of nitrogens with one attached hydrogen (secondary N) is 1. The quantitative estimate of drug-likeness (QED) is 0.859. The highest BCUT2D eigenvalue weighted by molar-refractivity contribution is 5.46. The fraction of sp³-hybridized carbons (Fsp3) is 0.308. The van der Waals surface area contributed by atoms with Gasteiger partial charge in [-0.1, -0.05) is 0 Å². The van der Waals surface area contributed by atoms with Crippen LogP contribution >= 0.6 is 0 Å². The average Bonchev–Trinajstić information content (AvgIpc) is 2.85. The van der Waals surface area contributed by atoms with Crippen LogP contribution in [0.3, 0.4) is 0 Å². The molecule has 1 heterocycles. The lowest BCUT2D eigenvalue weighted by Gasteiger charge is -2.05. The first kappa shape index (κ1) is 11.5. The van der Waals surface area contributed by atoms with Crippen molar-refractivity contribution in [2.75, 3.05) is 12.4 Å². The Labute approximate surface area is 101 Å². The zero-order valence-corrected chi connectivity index (χ0v) is 10.2. The van der Waals surface area contributed by atoms with Gasteiger partial charge in [0, 0.05) is 18.4 Å². The number of hydrogen-bond acceptors (Lipinski definition) is 3. The smallest absolute Gasteiger partial charge is 0.119 e. The second kappa shape index (κ2) is 5.39. The molecule has 0 atom stereocenters. The van der Waals surface area contributed by atoms with E-state index in [1.54, 1.807) is 7.11 Å². The second-order valence-corrected chi connectivity index (χ2v) is 3.74. The third-order valence-corrected chi connectivity index (χ3v) is 2.58. The molecule has 0 unspecified atom stereocenters. The van der Waals surface area contributed by atoms with Crippen molar-refractivity contribution in [3.8, 4) is 5.75 Å². The summed E-state index contributed by atoms with van der Waals surface area (Å²) in [5.41, 5.74) is 2.11. The van der Waals surface area contributed by atoms with Crippen molar-refractivity contribution < 1.29 is 4.74 Å². The highest BCUT2D eigenvalue weighted by atomic mass is 16.5. The summed E-state index contributed by atoms with van der Waals surface area (Å²) in [5, 5.41) is 7.73. The number of methoxy groups -OCH3 is 1. The predicted molar refractivity (Wildman–Crippen MR) is 68.2 cm³/mol. The zero-order chi connectivity index (χ0) is 12.1. The average molecular weight is 231 g/mol. The molecule has 17 heavy (non-hydrogen) atoms. The third-order valence-electron chi connectivity index (χ3n) is 2.58. The molecule has 0 radical (unpaired) electrons. The number of ether oxygens (including phenoxy) is 1. The summed E-state index contributed by atoms with van der Waals surface area (Å²) in [6.07, 6.45) is 1.99. The molecular weight excluding hydrogens is 214 g/mol. The molecule has 0 fully saturated rings. The Bertz CT molecular complexity index is 462. The Kier molecular flexibility index (Phi) is 3.65. The van der Waals surface area contributed by atoms with Gasteiger partial charge in [-0.05, 0) is 37.3 Å². The molecule has 0 aliphatic carbocycles. The molecule has 1 N–H and O–H groups in total. The number of rotatable bonds is 5. The molecule has 0 spiro atoms. The fourth-order valence-electron chi connectivity index (χ4n) is 1.58. The van der Waals surface area contributed by atoms with Crippen molar-refractivity contribution in [1.29, 1.82) is 0 Å². The minimum absolute atomic E-state index is 0.735. The van der Waals surface area contributed by atoms with E-state index < -0.39 is 0 Å². The minimum atomic E-state index is 0.735. The number of benzene rings is 1.